The van der Waals surface area contributed by atoms with Gasteiger partial charge in [-0.15, -0.1) is 0 Å². The molecule has 6 rings (SSSR count). The molecule has 0 bridgehead atoms. The van der Waals surface area contributed by atoms with E-state index in [9.17, 15) is 18.8 Å². The molecular weight excluding hydrogens is 691 g/mol. The van der Waals surface area contributed by atoms with Crippen molar-refractivity contribution in [1.82, 2.24) is 24.7 Å². The quantitative estimate of drug-likeness (QED) is 0.173. The van der Waals surface area contributed by atoms with Gasteiger partial charge in [0.25, 0.3) is 0 Å². The second-order valence-corrected chi connectivity index (χ2v) is 15.2. The van der Waals surface area contributed by atoms with Gasteiger partial charge in [0, 0.05) is 56.7 Å². The molecule has 3 aromatic rings. The maximum atomic E-state index is 14.4. The van der Waals surface area contributed by atoms with Crippen LogP contribution in [0.25, 0.3) is 0 Å². The normalized spacial score (nSPS) is 16.0. The van der Waals surface area contributed by atoms with Crippen molar-refractivity contribution in [3.63, 3.8) is 0 Å². The van der Waals surface area contributed by atoms with Crippen LogP contribution in [0.4, 0.5) is 37.1 Å². The highest BCUT2D eigenvalue weighted by molar-refractivity contribution is 5.87. The van der Waals surface area contributed by atoms with Gasteiger partial charge in [0.2, 0.25) is 11.9 Å². The van der Waals surface area contributed by atoms with Crippen LogP contribution < -0.4 is 16.4 Å². The summed E-state index contributed by atoms with van der Waals surface area (Å²) in [6.45, 7) is 17.9. The molecule has 13 nitrogen and oxygen atoms in total. The predicted molar refractivity (Wildman–Crippen MR) is 210 cm³/mol. The first-order valence-corrected chi connectivity index (χ1v) is 17.4. The third kappa shape index (κ3) is 11.5. The molecule has 1 atom stereocenters. The van der Waals surface area contributed by atoms with Crippen molar-refractivity contribution in [2.24, 2.45) is 0 Å². The average molecular weight is 749 g/mol. The molecule has 3 aliphatic rings. The van der Waals surface area contributed by atoms with E-state index in [-0.39, 0.29) is 50.8 Å². The van der Waals surface area contributed by atoms with Gasteiger partial charge in [-0.3, -0.25) is 14.6 Å². The molecule has 0 saturated carbocycles. The maximum absolute atomic E-state index is 14.4. The minimum absolute atomic E-state index is 0. The molecule has 0 spiro atoms. The van der Waals surface area contributed by atoms with Crippen LogP contribution >= 0.6 is 0 Å². The van der Waals surface area contributed by atoms with E-state index in [0.717, 1.165) is 52.7 Å². The number of nitrogen functional groups attached to an aromatic ring is 1. The number of carbonyl (C=O) groups is 3. The van der Waals surface area contributed by atoms with E-state index in [2.05, 4.69) is 27.2 Å². The molecule has 1 saturated heterocycles. The summed E-state index contributed by atoms with van der Waals surface area (Å²) in [6.07, 6.45) is 3.39. The van der Waals surface area contributed by atoms with Crippen LogP contribution in [0.15, 0.2) is 55.3 Å². The second-order valence-electron chi connectivity index (χ2n) is 15.2. The molecule has 4 N–H and O–H groups in total. The van der Waals surface area contributed by atoms with Crippen LogP contribution in [-0.2, 0) is 40.4 Å². The van der Waals surface area contributed by atoms with Gasteiger partial charge in [-0.1, -0.05) is 33.6 Å². The van der Waals surface area contributed by atoms with Gasteiger partial charge in [-0.2, -0.15) is 4.98 Å². The molecule has 0 radical (unpaired) electrons. The van der Waals surface area contributed by atoms with E-state index in [4.69, 9.17) is 15.2 Å². The molecule has 3 amide bonds. The zero-order valence-electron chi connectivity index (χ0n) is 30.8. The summed E-state index contributed by atoms with van der Waals surface area (Å²) in [5.74, 6) is -0.378. The number of nitrogens with zero attached hydrogens (tertiary/aromatic N) is 5. The number of anilines is 4. The lowest BCUT2D eigenvalue weighted by Crippen LogP contribution is -2.44. The van der Waals surface area contributed by atoms with Gasteiger partial charge < -0.3 is 30.7 Å². The van der Waals surface area contributed by atoms with E-state index in [0.29, 0.717) is 39.3 Å². The average Bonchev–Trinajstić information content (AvgIpc) is 3.69. The number of fused-ring (bicyclic) bond motifs is 2. The lowest BCUT2D eigenvalue weighted by Gasteiger charge is -2.32. The first-order valence-electron chi connectivity index (χ1n) is 17.4. The predicted octanol–water partition coefficient (Wildman–Crippen LogP) is 7.99. The second kappa shape index (κ2) is 17.6. The number of hydrogen-bond acceptors (Lipinski definition) is 10. The molecule has 54 heavy (non-hydrogen) atoms. The summed E-state index contributed by atoms with van der Waals surface area (Å²) in [6, 6.07) is 11.4. The smallest absolute Gasteiger partial charge is 0.410 e. The summed E-state index contributed by atoms with van der Waals surface area (Å²) < 4.78 is 25.3. The van der Waals surface area contributed by atoms with Crippen LogP contribution in [-0.4, -0.2) is 73.1 Å². The van der Waals surface area contributed by atoms with Crippen molar-refractivity contribution in [3.8, 4) is 0 Å². The van der Waals surface area contributed by atoms with E-state index in [1.165, 1.54) is 6.08 Å². The van der Waals surface area contributed by atoms with Gasteiger partial charge in [0.05, 0.1) is 6.20 Å². The first kappa shape index (κ1) is 43.0. The Bertz CT molecular complexity index is 1820. The van der Waals surface area contributed by atoms with E-state index in [1.807, 2.05) is 77.9 Å². The Hall–Kier alpha value is -5.40. The number of nitrogens with two attached hydrogens (primary N) is 1. The molecule has 14 heteroatoms. The van der Waals surface area contributed by atoms with E-state index >= 15 is 0 Å². The topological polar surface area (TPSA) is 155 Å². The molecule has 3 aliphatic heterocycles. The standard InChI is InChI=1S/C25H31FN6O3.C13H18N2O2.2CH4/c1-5-21(33)31-10-6-7-19(15-31)28-22-20(26)12-27-23(30-22)29-18-9-8-16-13-32(14-17(16)11-18)24(34)35-25(2,3)4;1-13(2,3)17-12(16)15-7-9-4-5-11(14)6-10(9)8-15;;/h5,8-9,11-12,19H,1,6-7,10,13-15H2,2-4H3,(H2,27,28,29,30);4-6H,7-8,14H2,1-3H3;2*1H4/t19-;;;/m1.../s1. The molecule has 0 unspecified atom stereocenters. The van der Waals surface area contributed by atoms with Crippen LogP contribution in [0.2, 0.25) is 0 Å². The van der Waals surface area contributed by atoms with E-state index < -0.39 is 17.0 Å². The number of rotatable bonds is 5. The van der Waals surface area contributed by atoms with Crippen molar-refractivity contribution in [1.29, 1.82) is 0 Å². The SMILES string of the molecule is C.C.C=CC(=O)N1CCC[C@@H](Nc2nc(Nc3ccc4c(c3)CN(C(=O)OC(C)(C)C)C4)ncc2F)C1.CC(C)(C)OC(=O)N1Cc2ccc(N)cc2C1. The summed E-state index contributed by atoms with van der Waals surface area (Å²) in [5, 5.41) is 6.23. The lowest BCUT2D eigenvalue weighted by molar-refractivity contribution is -0.127. The minimum atomic E-state index is -0.565. The monoisotopic (exact) mass is 748 g/mol. The molecule has 294 valence electrons. The van der Waals surface area contributed by atoms with E-state index in [1.54, 1.807) is 14.7 Å². The highest BCUT2D eigenvalue weighted by atomic mass is 19.1. The van der Waals surface area contributed by atoms with Crippen LogP contribution in [0.1, 0.15) is 91.5 Å². The maximum Gasteiger partial charge on any atom is 0.410 e. The Morgan fingerprint density at radius 1 is 0.870 bits per heavy atom. The number of amides is 3. The summed E-state index contributed by atoms with van der Waals surface area (Å²) in [7, 11) is 0. The summed E-state index contributed by atoms with van der Waals surface area (Å²) in [4.78, 5) is 49.6. The van der Waals surface area contributed by atoms with Crippen molar-refractivity contribution in [3.05, 3.63) is 83.3 Å². The Balaban J connectivity index is 0.000000348. The Kier molecular flexibility index (Phi) is 14.0. The molecule has 2 aromatic carbocycles. The van der Waals surface area contributed by atoms with Gasteiger partial charge in [0.15, 0.2) is 11.6 Å². The molecule has 1 fully saturated rings. The zero-order valence-corrected chi connectivity index (χ0v) is 30.8. The van der Waals surface area contributed by atoms with Crippen LogP contribution in [0, 0.1) is 5.82 Å². The van der Waals surface area contributed by atoms with Crippen molar-refractivity contribution >= 4 is 41.2 Å². The number of ether oxygens (including phenoxy) is 2. The number of aromatic nitrogens is 2. The largest absolute Gasteiger partial charge is 0.444 e. The Labute approximate surface area is 319 Å². The molecule has 0 aliphatic carbocycles. The van der Waals surface area contributed by atoms with Crippen molar-refractivity contribution < 1.29 is 28.2 Å². The Morgan fingerprint density at radius 2 is 1.43 bits per heavy atom. The number of piperidine rings is 1. The Morgan fingerprint density at radius 3 is 2.00 bits per heavy atom. The van der Waals surface area contributed by atoms with Crippen molar-refractivity contribution in [2.75, 3.05) is 29.5 Å². The highest BCUT2D eigenvalue weighted by Crippen LogP contribution is 2.29. The fourth-order valence-corrected chi connectivity index (χ4v) is 6.07. The van der Waals surface area contributed by atoms with Gasteiger partial charge >= 0.3 is 12.2 Å². The van der Waals surface area contributed by atoms with Crippen LogP contribution in [0.5, 0.6) is 0 Å². The van der Waals surface area contributed by atoms with Crippen molar-refractivity contribution in [2.45, 2.75) is 113 Å². The fourth-order valence-electron chi connectivity index (χ4n) is 6.07. The van der Waals surface area contributed by atoms with Gasteiger partial charge in [-0.05, 0) is 107 Å². The number of hydrogen-bond donors (Lipinski definition) is 3. The number of likely N-dealkylation sites (tertiary alicyclic amines) is 1. The number of carbonyl (C=O) groups excluding carboxylic acids is 3. The first-order chi connectivity index (χ1) is 24.5. The minimum Gasteiger partial charge on any atom is -0.444 e. The molecule has 1 aromatic heterocycles. The highest BCUT2D eigenvalue weighted by Gasteiger charge is 2.29. The lowest BCUT2D eigenvalue weighted by atomic mass is 10.1. The molecular formula is C40H57FN8O5. The van der Waals surface area contributed by atoms with Gasteiger partial charge in [0.1, 0.15) is 11.2 Å². The fraction of sp³-hybridized carbons (Fsp3) is 0.475. The number of halogens is 1. The third-order valence-corrected chi connectivity index (χ3v) is 8.43. The van der Waals surface area contributed by atoms with Gasteiger partial charge in [-0.25, -0.2) is 19.0 Å². The number of nitrogens with one attached hydrogen (secondary N) is 2. The number of benzene rings is 2. The zero-order chi connectivity index (χ0) is 37.8. The van der Waals surface area contributed by atoms with Crippen LogP contribution in [0.3, 0.4) is 0 Å². The third-order valence-electron chi connectivity index (χ3n) is 8.43. The summed E-state index contributed by atoms with van der Waals surface area (Å²) in [5.41, 5.74) is 10.5. The molecule has 4 heterocycles. The summed E-state index contributed by atoms with van der Waals surface area (Å²) >= 11 is 0.